The Kier molecular flexibility index (Phi) is 25.3. The van der Waals surface area contributed by atoms with Crippen LogP contribution in [-0.4, -0.2) is 234 Å². The molecule has 0 bridgehead atoms. The molecule has 8 aliphatic heterocycles. The van der Waals surface area contributed by atoms with Gasteiger partial charge in [-0.2, -0.15) is 0 Å². The lowest BCUT2D eigenvalue weighted by atomic mass is 9.71. The van der Waals surface area contributed by atoms with E-state index in [9.17, 15) is 4.79 Å². The van der Waals surface area contributed by atoms with Crippen molar-refractivity contribution in [3.05, 3.63) is 136 Å². The van der Waals surface area contributed by atoms with Crippen molar-refractivity contribution in [3.8, 4) is 0 Å². The predicted molar refractivity (Wildman–Crippen MR) is 403 cm³/mol. The zero-order valence-electron chi connectivity index (χ0n) is 61.2. The van der Waals surface area contributed by atoms with Gasteiger partial charge in [0.1, 0.15) is 5.78 Å². The Labute approximate surface area is 602 Å². The van der Waals surface area contributed by atoms with Gasteiger partial charge >= 0.3 is 7.12 Å². The van der Waals surface area contributed by atoms with E-state index in [-0.39, 0.29) is 35.7 Å². The molecule has 99 heavy (non-hydrogen) atoms. The molecule has 2 saturated carbocycles. The molecule has 8 heterocycles. The number of ketones is 1. The van der Waals surface area contributed by atoms with Gasteiger partial charge < -0.3 is 76.9 Å². The van der Waals surface area contributed by atoms with Crippen molar-refractivity contribution in [3.63, 3.8) is 0 Å². The number of halogens is 1. The van der Waals surface area contributed by atoms with Gasteiger partial charge in [0.05, 0.1) is 50.8 Å². The van der Waals surface area contributed by atoms with Crippen LogP contribution < -0.4 is 19.6 Å². The van der Waals surface area contributed by atoms with Crippen LogP contribution in [0.25, 0.3) is 5.57 Å². The van der Waals surface area contributed by atoms with Gasteiger partial charge in [-0.25, -0.2) is 0 Å². The lowest BCUT2D eigenvalue weighted by Crippen LogP contribution is -2.44. The lowest BCUT2D eigenvalue weighted by molar-refractivity contribution is -0.178. The summed E-state index contributed by atoms with van der Waals surface area (Å²) in [4.78, 5) is 30.7. The van der Waals surface area contributed by atoms with Crippen molar-refractivity contribution in [2.24, 2.45) is 0 Å². The SMILES string of the molecule is CC1(C)OB(C2=CCC3(CC2)OCCO3)OC1(C)C.CN1CCN(c2ccc(Br)cc2)CC1.CN1CCN(c2ccc(C3=CCC4(CC3)OCCO4)cc2)CC1.CN1CCN(c2ccc(C3CCC(=O)CC3)cc2)CC1.CN1CCN(c2ccc(C3CCC4(CC3)OCCO4)cc2)CC1. The molecular formula is C80H116BBrN8O9. The molecule has 16 rings (SSSR count). The Balaban J connectivity index is 0.000000119. The number of rotatable bonds is 8. The van der Waals surface area contributed by atoms with Gasteiger partial charge in [0.2, 0.25) is 0 Å². The highest BCUT2D eigenvalue weighted by Crippen LogP contribution is 2.45. The van der Waals surface area contributed by atoms with Crippen LogP contribution in [0.4, 0.5) is 22.7 Å². The third-order valence-corrected chi connectivity index (χ3v) is 24.0. The lowest BCUT2D eigenvalue weighted by Gasteiger charge is -2.36. The summed E-state index contributed by atoms with van der Waals surface area (Å²) in [5.41, 5.74) is 11.7. The largest absolute Gasteiger partial charge is 0.490 e. The van der Waals surface area contributed by atoms with E-state index in [0.717, 1.165) is 213 Å². The minimum absolute atomic E-state index is 0.219. The number of carbonyl (C=O) groups excluding carboxylic acids is 1. The van der Waals surface area contributed by atoms with Crippen molar-refractivity contribution >= 4 is 57.2 Å². The quantitative estimate of drug-likeness (QED) is 0.156. The third kappa shape index (κ3) is 19.6. The van der Waals surface area contributed by atoms with Crippen LogP contribution in [-0.2, 0) is 42.5 Å². The number of piperazine rings is 4. The van der Waals surface area contributed by atoms with Gasteiger partial charge in [-0.15, -0.1) is 0 Å². The van der Waals surface area contributed by atoms with Gasteiger partial charge in [0.15, 0.2) is 17.4 Å². The molecule has 0 radical (unpaired) electrons. The van der Waals surface area contributed by atoms with Crippen LogP contribution in [0.15, 0.2) is 119 Å². The molecule has 19 heteroatoms. The predicted octanol–water partition coefficient (Wildman–Crippen LogP) is 12.9. The first kappa shape index (κ1) is 74.0. The van der Waals surface area contributed by atoms with Gasteiger partial charge in [-0.3, -0.25) is 4.79 Å². The Morgan fingerprint density at radius 3 is 1.07 bits per heavy atom. The molecule has 3 spiro atoms. The highest BCUT2D eigenvalue weighted by molar-refractivity contribution is 9.10. The first-order valence-corrected chi connectivity index (χ1v) is 38.5. The molecule has 4 aromatic rings. The highest BCUT2D eigenvalue weighted by atomic mass is 79.9. The number of allylic oxidation sites excluding steroid dienone is 2. The Morgan fingerprint density at radius 2 is 0.717 bits per heavy atom. The van der Waals surface area contributed by atoms with E-state index in [2.05, 4.69) is 220 Å². The summed E-state index contributed by atoms with van der Waals surface area (Å²) in [5, 5.41) is 0. The summed E-state index contributed by atoms with van der Waals surface area (Å²) >= 11 is 3.45. The summed E-state index contributed by atoms with van der Waals surface area (Å²) < 4.78 is 48.0. The summed E-state index contributed by atoms with van der Waals surface area (Å²) in [6.45, 7) is 31.0. The van der Waals surface area contributed by atoms with Crippen LogP contribution >= 0.6 is 15.9 Å². The molecular weight excluding hydrogens is 1310 g/mol. The number of hydrogen-bond donors (Lipinski definition) is 0. The van der Waals surface area contributed by atoms with E-state index < -0.39 is 0 Å². The molecule has 540 valence electrons. The summed E-state index contributed by atoms with van der Waals surface area (Å²) in [6, 6.07) is 36.0. The topological polar surface area (TPSA) is 117 Å². The average Bonchev–Trinajstić information content (AvgIpc) is 1.32. The number of benzene rings is 4. The Hall–Kier alpha value is -4.71. The molecule has 12 aliphatic rings. The highest BCUT2D eigenvalue weighted by Gasteiger charge is 2.53. The van der Waals surface area contributed by atoms with E-state index in [1.807, 2.05) is 0 Å². The van der Waals surface area contributed by atoms with E-state index in [1.165, 1.54) is 63.3 Å². The van der Waals surface area contributed by atoms with Gasteiger partial charge in [0.25, 0.3) is 0 Å². The number of ether oxygens (including phenoxy) is 6. The molecule has 10 fully saturated rings. The number of Topliss-reactive ketones (excluding diaryl/α,β-unsaturated/α-hetero) is 1. The number of hydrogen-bond acceptors (Lipinski definition) is 17. The van der Waals surface area contributed by atoms with Crippen LogP contribution in [0, 0.1) is 0 Å². The van der Waals surface area contributed by atoms with Gasteiger partial charge in [-0.1, -0.05) is 64.5 Å². The van der Waals surface area contributed by atoms with Crippen molar-refractivity contribution in [1.29, 1.82) is 0 Å². The number of likely N-dealkylation sites (N-methyl/N-ethyl adjacent to an activating group) is 4. The van der Waals surface area contributed by atoms with Crippen LogP contribution in [0.3, 0.4) is 0 Å². The Bertz CT molecular complexity index is 3200. The minimum Gasteiger partial charge on any atom is -0.400 e. The molecule has 17 nitrogen and oxygen atoms in total. The molecule has 0 atom stereocenters. The molecule has 0 aromatic heterocycles. The van der Waals surface area contributed by atoms with Gasteiger partial charge in [-0.05, 0) is 195 Å². The van der Waals surface area contributed by atoms with E-state index >= 15 is 0 Å². The van der Waals surface area contributed by atoms with Gasteiger partial charge in [0, 0.05) is 183 Å². The number of nitrogens with zero attached hydrogens (tertiary/aromatic N) is 8. The molecule has 8 saturated heterocycles. The third-order valence-electron chi connectivity index (χ3n) is 23.5. The monoisotopic (exact) mass is 1420 g/mol. The molecule has 0 N–H and O–H groups in total. The average molecular weight is 1420 g/mol. The second-order valence-corrected chi connectivity index (χ2v) is 31.7. The second kappa shape index (κ2) is 33.8. The first-order chi connectivity index (χ1) is 47.8. The number of carbonyl (C=O) groups is 1. The van der Waals surface area contributed by atoms with E-state index in [4.69, 9.17) is 37.7 Å². The molecule has 0 amide bonds. The van der Waals surface area contributed by atoms with Crippen molar-refractivity contribution in [1.82, 2.24) is 19.6 Å². The maximum Gasteiger partial charge on any atom is 0.490 e. The van der Waals surface area contributed by atoms with Crippen molar-refractivity contribution in [2.75, 3.05) is 192 Å². The zero-order valence-corrected chi connectivity index (χ0v) is 62.8. The van der Waals surface area contributed by atoms with Crippen LogP contribution in [0.5, 0.6) is 0 Å². The fourth-order valence-corrected chi connectivity index (χ4v) is 16.0. The van der Waals surface area contributed by atoms with Crippen molar-refractivity contribution in [2.45, 2.75) is 158 Å². The van der Waals surface area contributed by atoms with E-state index in [1.54, 1.807) is 0 Å². The summed E-state index contributed by atoms with van der Waals surface area (Å²) in [7, 11) is 8.54. The maximum absolute atomic E-state index is 11.3. The van der Waals surface area contributed by atoms with Crippen LogP contribution in [0.2, 0.25) is 0 Å². The second-order valence-electron chi connectivity index (χ2n) is 30.8. The number of anilines is 4. The molecule has 0 unspecified atom stereocenters. The molecule has 4 aliphatic carbocycles. The maximum atomic E-state index is 11.3. The Morgan fingerprint density at radius 1 is 0.384 bits per heavy atom. The molecule has 4 aromatic carbocycles. The normalized spacial score (nSPS) is 25.1. The van der Waals surface area contributed by atoms with Crippen LogP contribution in [0.1, 0.15) is 146 Å². The summed E-state index contributed by atoms with van der Waals surface area (Å²) in [6.07, 6.45) is 18.0. The van der Waals surface area contributed by atoms with Crippen molar-refractivity contribution < 1.29 is 42.5 Å². The minimum atomic E-state index is -0.368. The summed E-state index contributed by atoms with van der Waals surface area (Å²) in [5.74, 6) is 0.770. The standard InChI is InChI=1S/C19H28N2O2.C19H26N2O2.C17H24N2O.C14H23BO4.C11H15BrN2/c2*1-20-10-12-21(13-11-20)18-4-2-16(3-5-18)17-6-8-19(9-7-17)22-14-15-23-19;1-18-10-12-19(13-11-18)16-6-2-14(3-7-16)15-4-8-17(20)9-5-15;1-12(2)13(3,4)19-15(18-12)11-5-7-14(8-6-11)16-9-10-17-14;1-13-6-8-14(9-7-13)11-4-2-10(12)3-5-11/h2-5,17H,6-15H2,1H3;2-6H,7-15H2,1H3;2-3,6-7,15H,4-5,8-13H2,1H3;5H,6-10H2,1-4H3;2-5H,6-9H2,1H3. The fourth-order valence-electron chi connectivity index (χ4n) is 15.8. The first-order valence-electron chi connectivity index (χ1n) is 37.7. The van der Waals surface area contributed by atoms with E-state index in [0.29, 0.717) is 30.8 Å². The zero-order chi connectivity index (χ0) is 69.0. The fraction of sp³-hybridized carbons (Fsp3) is 0.637. The smallest absolute Gasteiger partial charge is 0.400 e.